The van der Waals surface area contributed by atoms with Crippen LogP contribution >= 0.6 is 0 Å². The number of aromatic nitrogens is 2. The minimum Gasteiger partial charge on any atom is -0.299 e. The van der Waals surface area contributed by atoms with Gasteiger partial charge in [0, 0.05) is 12.7 Å². The molecular formula is C17H19N3O2. The monoisotopic (exact) mass is 297 g/mol. The first-order valence-electron chi connectivity index (χ1n) is 7.31. The Bertz CT molecular complexity index is 821. The van der Waals surface area contributed by atoms with Crippen LogP contribution in [0.25, 0.3) is 0 Å². The van der Waals surface area contributed by atoms with Crippen LogP contribution in [-0.4, -0.2) is 9.13 Å². The molecule has 0 aliphatic rings. The van der Waals surface area contributed by atoms with E-state index >= 15 is 0 Å². The Morgan fingerprint density at radius 2 is 1.82 bits per heavy atom. The first-order chi connectivity index (χ1) is 10.5. The number of benzene rings is 1. The molecule has 0 saturated carbocycles. The Hall–Kier alpha value is -2.61. The number of hydrogen-bond acceptors (Lipinski definition) is 3. The van der Waals surface area contributed by atoms with E-state index in [0.717, 1.165) is 10.1 Å². The Kier molecular flexibility index (Phi) is 4.62. The maximum atomic E-state index is 12.3. The second kappa shape index (κ2) is 6.44. The van der Waals surface area contributed by atoms with Gasteiger partial charge in [0.05, 0.1) is 6.54 Å². The molecule has 0 spiro atoms. The largest absolute Gasteiger partial charge is 0.331 e. The summed E-state index contributed by atoms with van der Waals surface area (Å²) in [5.41, 5.74) is 1.12. The molecule has 5 nitrogen and oxygen atoms in total. The van der Waals surface area contributed by atoms with E-state index in [9.17, 15) is 9.59 Å². The molecular weight excluding hydrogens is 278 g/mol. The lowest BCUT2D eigenvalue weighted by Gasteiger charge is -2.11. The van der Waals surface area contributed by atoms with Crippen LogP contribution in [0.4, 0.5) is 0 Å². The molecule has 0 bridgehead atoms. The van der Waals surface area contributed by atoms with Crippen molar-refractivity contribution in [3.05, 3.63) is 68.0 Å². The van der Waals surface area contributed by atoms with Gasteiger partial charge >= 0.3 is 5.69 Å². The van der Waals surface area contributed by atoms with Gasteiger partial charge in [0.1, 0.15) is 11.6 Å². The van der Waals surface area contributed by atoms with Gasteiger partial charge in [0.25, 0.3) is 5.56 Å². The highest BCUT2D eigenvalue weighted by Gasteiger charge is 2.11. The summed E-state index contributed by atoms with van der Waals surface area (Å²) < 4.78 is 2.49. The van der Waals surface area contributed by atoms with Gasteiger partial charge in [-0.25, -0.2) is 4.79 Å². The van der Waals surface area contributed by atoms with Gasteiger partial charge in [0.2, 0.25) is 0 Å². The summed E-state index contributed by atoms with van der Waals surface area (Å²) in [5, 5.41) is 9.04. The van der Waals surface area contributed by atoms with E-state index in [0.29, 0.717) is 12.5 Å². The summed E-state index contributed by atoms with van der Waals surface area (Å²) in [6.07, 6.45) is 1.32. The molecule has 114 valence electrons. The fourth-order valence-electron chi connectivity index (χ4n) is 2.29. The minimum absolute atomic E-state index is 0.0137. The lowest BCUT2D eigenvalue weighted by Crippen LogP contribution is -2.40. The lowest BCUT2D eigenvalue weighted by atomic mass is 10.0. The van der Waals surface area contributed by atoms with Gasteiger partial charge < -0.3 is 0 Å². The zero-order valence-corrected chi connectivity index (χ0v) is 13.0. The van der Waals surface area contributed by atoms with Crippen LogP contribution in [0.15, 0.2) is 40.1 Å². The van der Waals surface area contributed by atoms with Gasteiger partial charge in [0.15, 0.2) is 0 Å². The third kappa shape index (κ3) is 3.01. The van der Waals surface area contributed by atoms with Gasteiger partial charge in [-0.15, -0.1) is 0 Å². The summed E-state index contributed by atoms with van der Waals surface area (Å²) in [7, 11) is 0. The molecule has 0 amide bonds. The molecule has 0 fully saturated rings. The van der Waals surface area contributed by atoms with E-state index in [1.54, 1.807) is 6.92 Å². The number of rotatable bonds is 4. The SMILES string of the molecule is CCn1cc(C#N)c(=O)n(Cc2ccc(C(C)C)cc2)c1=O. The molecule has 1 aromatic carbocycles. The average molecular weight is 297 g/mol. The molecule has 0 radical (unpaired) electrons. The Morgan fingerprint density at radius 1 is 1.18 bits per heavy atom. The molecule has 5 heteroatoms. The van der Waals surface area contributed by atoms with E-state index in [1.807, 2.05) is 30.3 Å². The Morgan fingerprint density at radius 3 is 2.32 bits per heavy atom. The van der Waals surface area contributed by atoms with Crippen molar-refractivity contribution >= 4 is 0 Å². The molecule has 2 aromatic rings. The smallest absolute Gasteiger partial charge is 0.299 e. The van der Waals surface area contributed by atoms with Crippen LogP contribution in [0.2, 0.25) is 0 Å². The molecule has 0 atom stereocenters. The van der Waals surface area contributed by atoms with Crippen molar-refractivity contribution in [2.45, 2.75) is 39.8 Å². The molecule has 0 unspecified atom stereocenters. The molecule has 22 heavy (non-hydrogen) atoms. The lowest BCUT2D eigenvalue weighted by molar-refractivity contribution is 0.597. The van der Waals surface area contributed by atoms with Gasteiger partial charge in [-0.05, 0) is 24.0 Å². The Labute approximate surface area is 129 Å². The van der Waals surface area contributed by atoms with Crippen LogP contribution in [0.1, 0.15) is 43.4 Å². The highest BCUT2D eigenvalue weighted by atomic mass is 16.2. The van der Waals surface area contributed by atoms with Crippen molar-refractivity contribution in [2.24, 2.45) is 0 Å². The quantitative estimate of drug-likeness (QED) is 0.867. The molecule has 0 saturated heterocycles. The maximum absolute atomic E-state index is 12.3. The van der Waals surface area contributed by atoms with Gasteiger partial charge in [-0.1, -0.05) is 38.1 Å². The van der Waals surface area contributed by atoms with E-state index in [1.165, 1.54) is 16.3 Å². The summed E-state index contributed by atoms with van der Waals surface area (Å²) in [6.45, 7) is 6.60. The predicted molar refractivity (Wildman–Crippen MR) is 85.0 cm³/mol. The van der Waals surface area contributed by atoms with E-state index in [-0.39, 0.29) is 17.8 Å². The predicted octanol–water partition coefficient (Wildman–Crippen LogP) is 2.07. The molecule has 2 rings (SSSR count). The van der Waals surface area contributed by atoms with Crippen LogP contribution in [0, 0.1) is 11.3 Å². The maximum Gasteiger partial charge on any atom is 0.331 e. The van der Waals surface area contributed by atoms with E-state index in [4.69, 9.17) is 5.26 Å². The minimum atomic E-state index is -0.537. The number of hydrogen-bond donors (Lipinski definition) is 0. The first kappa shape index (κ1) is 15.8. The molecule has 1 aromatic heterocycles. The summed E-state index contributed by atoms with van der Waals surface area (Å²) in [6, 6.07) is 9.68. The highest BCUT2D eigenvalue weighted by Crippen LogP contribution is 2.14. The third-order valence-corrected chi connectivity index (χ3v) is 3.69. The van der Waals surface area contributed by atoms with Crippen LogP contribution < -0.4 is 11.2 Å². The van der Waals surface area contributed by atoms with E-state index in [2.05, 4.69) is 13.8 Å². The van der Waals surface area contributed by atoms with Gasteiger partial charge in [-0.2, -0.15) is 5.26 Å². The first-order valence-corrected chi connectivity index (χ1v) is 7.31. The standard InChI is InChI=1S/C17H19N3O2/c1-4-19-11-15(9-18)16(21)20(17(19)22)10-13-5-7-14(8-6-13)12(2)3/h5-8,11-12H,4,10H2,1-3H3. The van der Waals surface area contributed by atoms with Gasteiger partial charge in [-0.3, -0.25) is 13.9 Å². The molecule has 0 aliphatic carbocycles. The number of nitrogens with zero attached hydrogens (tertiary/aromatic N) is 3. The average Bonchev–Trinajstić information content (AvgIpc) is 2.52. The highest BCUT2D eigenvalue weighted by molar-refractivity contribution is 5.26. The van der Waals surface area contributed by atoms with E-state index < -0.39 is 5.56 Å². The summed E-state index contributed by atoms with van der Waals surface area (Å²) in [5.74, 6) is 0.427. The second-order valence-corrected chi connectivity index (χ2v) is 5.51. The summed E-state index contributed by atoms with van der Waals surface area (Å²) in [4.78, 5) is 24.5. The van der Waals surface area contributed by atoms with Crippen molar-refractivity contribution in [1.82, 2.24) is 9.13 Å². The number of aryl methyl sites for hydroxylation is 1. The second-order valence-electron chi connectivity index (χ2n) is 5.51. The number of nitriles is 1. The van der Waals surface area contributed by atoms with Crippen LogP contribution in [0.3, 0.4) is 0 Å². The Balaban J connectivity index is 2.47. The van der Waals surface area contributed by atoms with Crippen molar-refractivity contribution in [3.8, 4) is 6.07 Å². The van der Waals surface area contributed by atoms with Crippen molar-refractivity contribution in [3.63, 3.8) is 0 Å². The van der Waals surface area contributed by atoms with Crippen molar-refractivity contribution in [2.75, 3.05) is 0 Å². The normalized spacial score (nSPS) is 10.7. The molecule has 0 N–H and O–H groups in total. The fourth-order valence-corrected chi connectivity index (χ4v) is 2.29. The topological polar surface area (TPSA) is 67.8 Å². The molecule has 1 heterocycles. The van der Waals surface area contributed by atoms with Crippen LogP contribution in [-0.2, 0) is 13.1 Å². The zero-order valence-electron chi connectivity index (χ0n) is 13.0. The third-order valence-electron chi connectivity index (χ3n) is 3.69. The molecule has 0 aliphatic heterocycles. The van der Waals surface area contributed by atoms with Crippen molar-refractivity contribution in [1.29, 1.82) is 5.26 Å². The van der Waals surface area contributed by atoms with Crippen molar-refractivity contribution < 1.29 is 0 Å². The van der Waals surface area contributed by atoms with Crippen LogP contribution in [0.5, 0.6) is 0 Å². The fraction of sp³-hybridized carbons (Fsp3) is 0.353. The summed E-state index contributed by atoms with van der Waals surface area (Å²) >= 11 is 0. The zero-order chi connectivity index (χ0) is 16.3.